The Morgan fingerprint density at radius 2 is 2.00 bits per heavy atom. The zero-order chi connectivity index (χ0) is 11.6. The second-order valence-electron chi connectivity index (χ2n) is 3.14. The first-order chi connectivity index (χ1) is 6.97. The van der Waals surface area contributed by atoms with Crippen LogP contribution in [0.25, 0.3) is 0 Å². The van der Waals surface area contributed by atoms with Crippen molar-refractivity contribution in [3.63, 3.8) is 0 Å². The number of nitrogens with two attached hydrogens (primary N) is 1. The van der Waals surface area contributed by atoms with Gasteiger partial charge in [0, 0.05) is 11.6 Å². The molecule has 0 aromatic heterocycles. The predicted molar refractivity (Wildman–Crippen MR) is 51.2 cm³/mol. The van der Waals surface area contributed by atoms with E-state index in [9.17, 15) is 13.6 Å². The lowest BCUT2D eigenvalue weighted by Gasteiger charge is -2.11. The van der Waals surface area contributed by atoms with Crippen molar-refractivity contribution in [3.05, 3.63) is 29.3 Å². The highest BCUT2D eigenvalue weighted by Gasteiger charge is 2.20. The van der Waals surface area contributed by atoms with Crippen LogP contribution in [0.2, 0.25) is 0 Å². The third kappa shape index (κ3) is 2.23. The number of benzene rings is 1. The van der Waals surface area contributed by atoms with Gasteiger partial charge in [0.05, 0.1) is 18.7 Å². The van der Waals surface area contributed by atoms with Crippen molar-refractivity contribution in [2.75, 3.05) is 12.8 Å². The van der Waals surface area contributed by atoms with Gasteiger partial charge in [-0.05, 0) is 13.0 Å². The number of carbonyl (C=O) groups is 1. The molecule has 1 rings (SSSR count). The summed E-state index contributed by atoms with van der Waals surface area (Å²) in [5.74, 6) is -2.95. The van der Waals surface area contributed by atoms with Crippen molar-refractivity contribution in [1.82, 2.24) is 0 Å². The highest BCUT2D eigenvalue weighted by molar-refractivity contribution is 5.77. The van der Waals surface area contributed by atoms with Gasteiger partial charge in [-0.25, -0.2) is 8.78 Å². The van der Waals surface area contributed by atoms with Crippen molar-refractivity contribution in [2.24, 2.45) is 0 Å². The average molecular weight is 215 g/mol. The van der Waals surface area contributed by atoms with E-state index in [2.05, 4.69) is 4.74 Å². The third-order valence-electron chi connectivity index (χ3n) is 2.14. The zero-order valence-electron chi connectivity index (χ0n) is 8.38. The number of esters is 1. The SMILES string of the molecule is COC(=O)[C@H](C)c1cc(F)c(N)cc1F. The topological polar surface area (TPSA) is 52.3 Å². The fourth-order valence-corrected chi connectivity index (χ4v) is 1.21. The minimum atomic E-state index is -0.856. The molecule has 0 heterocycles. The van der Waals surface area contributed by atoms with Crippen LogP contribution in [0.4, 0.5) is 14.5 Å². The molecule has 3 nitrogen and oxygen atoms in total. The van der Waals surface area contributed by atoms with Crippen LogP contribution in [-0.2, 0) is 9.53 Å². The maximum Gasteiger partial charge on any atom is 0.312 e. The number of nitrogen functional groups attached to an aromatic ring is 1. The number of anilines is 1. The average Bonchev–Trinajstić information content (AvgIpc) is 2.21. The first-order valence-corrected chi connectivity index (χ1v) is 4.29. The normalized spacial score (nSPS) is 12.3. The monoisotopic (exact) mass is 215 g/mol. The van der Waals surface area contributed by atoms with E-state index in [1.165, 1.54) is 14.0 Å². The summed E-state index contributed by atoms with van der Waals surface area (Å²) < 4.78 is 30.8. The van der Waals surface area contributed by atoms with Gasteiger partial charge in [0.15, 0.2) is 0 Å². The van der Waals surface area contributed by atoms with E-state index < -0.39 is 23.5 Å². The predicted octanol–water partition coefficient (Wildman–Crippen LogP) is 1.82. The minimum absolute atomic E-state index is 0.0615. The van der Waals surface area contributed by atoms with Gasteiger partial charge in [0.25, 0.3) is 0 Å². The lowest BCUT2D eigenvalue weighted by molar-refractivity contribution is -0.142. The molecule has 0 aliphatic heterocycles. The molecule has 1 aromatic rings. The van der Waals surface area contributed by atoms with Crippen molar-refractivity contribution in [2.45, 2.75) is 12.8 Å². The van der Waals surface area contributed by atoms with Crippen LogP contribution in [-0.4, -0.2) is 13.1 Å². The van der Waals surface area contributed by atoms with Gasteiger partial charge in [-0.3, -0.25) is 4.79 Å². The minimum Gasteiger partial charge on any atom is -0.469 e. The van der Waals surface area contributed by atoms with E-state index >= 15 is 0 Å². The summed E-state index contributed by atoms with van der Waals surface area (Å²) in [5, 5.41) is 0. The number of halogens is 2. The molecule has 5 heteroatoms. The standard InChI is InChI=1S/C10H11F2NO2/c1-5(10(14)15-2)6-3-8(12)9(13)4-7(6)11/h3-5H,13H2,1-2H3/t5-/m1/s1. The number of hydrogen-bond acceptors (Lipinski definition) is 3. The van der Waals surface area contributed by atoms with Crippen molar-refractivity contribution >= 4 is 11.7 Å². The molecule has 0 amide bonds. The molecule has 0 unspecified atom stereocenters. The molecular formula is C10H11F2NO2. The van der Waals surface area contributed by atoms with Gasteiger partial charge in [-0.1, -0.05) is 0 Å². The van der Waals surface area contributed by atoms with Gasteiger partial charge < -0.3 is 10.5 Å². The zero-order valence-corrected chi connectivity index (χ0v) is 8.38. The molecule has 0 saturated carbocycles. The van der Waals surface area contributed by atoms with Gasteiger partial charge in [0.1, 0.15) is 11.6 Å². The molecule has 1 aromatic carbocycles. The number of rotatable bonds is 2. The third-order valence-corrected chi connectivity index (χ3v) is 2.14. The van der Waals surface area contributed by atoms with Gasteiger partial charge in [-0.15, -0.1) is 0 Å². The maximum atomic E-state index is 13.3. The molecule has 0 aliphatic carbocycles. The van der Waals surface area contributed by atoms with E-state index in [4.69, 9.17) is 5.73 Å². The van der Waals surface area contributed by atoms with Crippen LogP contribution >= 0.6 is 0 Å². The smallest absolute Gasteiger partial charge is 0.312 e. The van der Waals surface area contributed by atoms with Gasteiger partial charge in [0.2, 0.25) is 0 Å². The van der Waals surface area contributed by atoms with Gasteiger partial charge >= 0.3 is 5.97 Å². The van der Waals surface area contributed by atoms with E-state index in [1.54, 1.807) is 0 Å². The molecule has 0 bridgehead atoms. The lowest BCUT2D eigenvalue weighted by atomic mass is 10.00. The Morgan fingerprint density at radius 1 is 1.40 bits per heavy atom. The van der Waals surface area contributed by atoms with Gasteiger partial charge in [-0.2, -0.15) is 0 Å². The Morgan fingerprint density at radius 3 is 2.53 bits per heavy atom. The van der Waals surface area contributed by atoms with Crippen LogP contribution in [0.1, 0.15) is 18.4 Å². The van der Waals surface area contributed by atoms with Crippen molar-refractivity contribution < 1.29 is 18.3 Å². The molecule has 82 valence electrons. The maximum absolute atomic E-state index is 13.3. The Labute approximate surface area is 85.8 Å². The molecule has 1 atom stereocenters. The van der Waals surface area contributed by atoms with Crippen molar-refractivity contribution in [1.29, 1.82) is 0 Å². The van der Waals surface area contributed by atoms with Crippen LogP contribution in [0.15, 0.2) is 12.1 Å². The van der Waals surface area contributed by atoms with Crippen molar-refractivity contribution in [3.8, 4) is 0 Å². The summed E-state index contributed by atoms with van der Waals surface area (Å²) in [5.41, 5.74) is 4.82. The van der Waals surface area contributed by atoms with Crippen LogP contribution in [0.5, 0.6) is 0 Å². The number of ether oxygens (including phenoxy) is 1. The molecule has 0 radical (unpaired) electrons. The van der Waals surface area contributed by atoms with Crippen LogP contribution < -0.4 is 5.73 Å². The molecule has 0 fully saturated rings. The lowest BCUT2D eigenvalue weighted by Crippen LogP contribution is -2.13. The summed E-state index contributed by atoms with van der Waals surface area (Å²) >= 11 is 0. The second-order valence-corrected chi connectivity index (χ2v) is 3.14. The van der Waals surface area contributed by atoms with E-state index in [0.717, 1.165) is 12.1 Å². The summed E-state index contributed by atoms with van der Waals surface area (Å²) in [6, 6.07) is 1.76. The molecule has 2 N–H and O–H groups in total. The number of hydrogen-bond donors (Lipinski definition) is 1. The number of carbonyl (C=O) groups excluding carboxylic acids is 1. The molecule has 0 spiro atoms. The van der Waals surface area contributed by atoms with E-state index in [1.807, 2.05) is 0 Å². The molecule has 0 aliphatic rings. The second kappa shape index (κ2) is 4.25. The van der Waals surface area contributed by atoms with Crippen LogP contribution in [0.3, 0.4) is 0 Å². The molecule has 15 heavy (non-hydrogen) atoms. The highest BCUT2D eigenvalue weighted by Crippen LogP contribution is 2.24. The summed E-state index contributed by atoms with van der Waals surface area (Å²) in [6.45, 7) is 1.43. The highest BCUT2D eigenvalue weighted by atomic mass is 19.1. The molecule has 0 saturated heterocycles. The largest absolute Gasteiger partial charge is 0.469 e. The molecular weight excluding hydrogens is 204 g/mol. The summed E-state index contributed by atoms with van der Waals surface area (Å²) in [4.78, 5) is 11.1. The van der Waals surface area contributed by atoms with E-state index in [0.29, 0.717) is 0 Å². The first kappa shape index (κ1) is 11.4. The fourth-order valence-electron chi connectivity index (χ4n) is 1.21. The Hall–Kier alpha value is -1.65. The Balaban J connectivity index is 3.14. The number of methoxy groups -OCH3 is 1. The first-order valence-electron chi connectivity index (χ1n) is 4.29. The Kier molecular flexibility index (Phi) is 3.24. The quantitative estimate of drug-likeness (QED) is 0.604. The summed E-state index contributed by atoms with van der Waals surface area (Å²) in [7, 11) is 1.18. The fraction of sp³-hybridized carbons (Fsp3) is 0.300. The summed E-state index contributed by atoms with van der Waals surface area (Å²) in [6.07, 6.45) is 0. The van der Waals surface area contributed by atoms with E-state index in [-0.39, 0.29) is 11.3 Å². The Bertz CT molecular complexity index is 393. The van der Waals surface area contributed by atoms with Crippen LogP contribution in [0, 0.1) is 11.6 Å².